The maximum absolute atomic E-state index is 11.6. The molecule has 1 aliphatic carbocycles. The molecular weight excluding hydrogens is 222 g/mol. The lowest BCUT2D eigenvalue weighted by Crippen LogP contribution is -2.34. The molecule has 2 nitrogen and oxygen atoms in total. The van der Waals surface area contributed by atoms with E-state index in [1.165, 1.54) is 11.1 Å². The lowest BCUT2D eigenvalue weighted by atomic mass is 9.87. The van der Waals surface area contributed by atoms with Crippen LogP contribution in [0.2, 0.25) is 0 Å². The number of carbonyl (C=O) groups excluding carboxylic acids is 1. The van der Waals surface area contributed by atoms with Crippen LogP contribution in [0.15, 0.2) is 24.3 Å². The van der Waals surface area contributed by atoms with E-state index < -0.39 is 0 Å². The van der Waals surface area contributed by atoms with Crippen LogP contribution in [0.5, 0.6) is 0 Å². The zero-order valence-electron chi connectivity index (χ0n) is 9.45. The van der Waals surface area contributed by atoms with E-state index in [1.54, 1.807) is 4.90 Å². The first-order chi connectivity index (χ1) is 7.74. The molecular formula is C13H16ClNO. The number of alkyl halides is 1. The molecule has 1 aromatic rings. The predicted molar refractivity (Wildman–Crippen MR) is 65.6 cm³/mol. The van der Waals surface area contributed by atoms with Gasteiger partial charge in [-0.25, -0.2) is 0 Å². The van der Waals surface area contributed by atoms with Crippen molar-refractivity contribution in [2.45, 2.75) is 25.3 Å². The highest BCUT2D eigenvalue weighted by molar-refractivity contribution is 6.27. The molecule has 0 bridgehead atoms. The smallest absolute Gasteiger partial charge is 0.237 e. The molecule has 0 aliphatic heterocycles. The van der Waals surface area contributed by atoms with Crippen LogP contribution in [0, 0.1) is 0 Å². The first-order valence-electron chi connectivity index (χ1n) is 5.63. The number of benzene rings is 1. The Morgan fingerprint density at radius 2 is 2.25 bits per heavy atom. The summed E-state index contributed by atoms with van der Waals surface area (Å²) in [5.41, 5.74) is 2.66. The second kappa shape index (κ2) is 4.88. The zero-order chi connectivity index (χ0) is 11.5. The molecule has 0 aromatic heterocycles. The molecule has 0 saturated carbocycles. The molecule has 0 saturated heterocycles. The number of carbonyl (C=O) groups is 1. The van der Waals surface area contributed by atoms with E-state index in [2.05, 4.69) is 18.2 Å². The average Bonchev–Trinajstić information content (AvgIpc) is 2.36. The van der Waals surface area contributed by atoms with Gasteiger partial charge >= 0.3 is 0 Å². The minimum absolute atomic E-state index is 0.00312. The van der Waals surface area contributed by atoms with Crippen molar-refractivity contribution in [3.63, 3.8) is 0 Å². The Hall–Kier alpha value is -1.02. The summed E-state index contributed by atoms with van der Waals surface area (Å²) >= 11 is 5.60. The fourth-order valence-corrected chi connectivity index (χ4v) is 2.59. The van der Waals surface area contributed by atoms with Gasteiger partial charge in [0, 0.05) is 7.05 Å². The number of rotatable bonds is 2. The van der Waals surface area contributed by atoms with E-state index in [-0.39, 0.29) is 17.8 Å². The number of hydrogen-bond donors (Lipinski definition) is 0. The summed E-state index contributed by atoms with van der Waals surface area (Å²) in [5, 5.41) is 0. The van der Waals surface area contributed by atoms with Crippen molar-refractivity contribution in [2.24, 2.45) is 0 Å². The van der Waals surface area contributed by atoms with Crippen molar-refractivity contribution >= 4 is 17.5 Å². The summed E-state index contributed by atoms with van der Waals surface area (Å²) in [6.45, 7) is 0. The van der Waals surface area contributed by atoms with Crippen LogP contribution in [-0.4, -0.2) is 23.7 Å². The number of nitrogens with zero attached hydrogens (tertiary/aromatic N) is 1. The molecule has 0 fully saturated rings. The third-order valence-corrected chi connectivity index (χ3v) is 3.54. The van der Waals surface area contributed by atoms with Crippen LogP contribution in [0.1, 0.15) is 30.0 Å². The Morgan fingerprint density at radius 3 is 3.00 bits per heavy atom. The van der Waals surface area contributed by atoms with Crippen LogP contribution in [0.3, 0.4) is 0 Å². The summed E-state index contributed by atoms with van der Waals surface area (Å²) in [7, 11) is 1.84. The summed E-state index contributed by atoms with van der Waals surface area (Å²) < 4.78 is 0. The molecule has 1 amide bonds. The van der Waals surface area contributed by atoms with Crippen molar-refractivity contribution < 1.29 is 4.79 Å². The van der Waals surface area contributed by atoms with E-state index in [9.17, 15) is 4.79 Å². The van der Waals surface area contributed by atoms with E-state index in [4.69, 9.17) is 11.6 Å². The minimum atomic E-state index is 0.00312. The maximum atomic E-state index is 11.6. The Kier molecular flexibility index (Phi) is 3.49. The Bertz CT molecular complexity index is 391. The number of aryl methyl sites for hydroxylation is 1. The van der Waals surface area contributed by atoms with Crippen molar-refractivity contribution in [3.05, 3.63) is 35.4 Å². The third kappa shape index (κ3) is 2.07. The van der Waals surface area contributed by atoms with Crippen LogP contribution in [0.25, 0.3) is 0 Å². The lowest BCUT2D eigenvalue weighted by Gasteiger charge is -2.33. The topological polar surface area (TPSA) is 20.3 Å². The summed E-state index contributed by atoms with van der Waals surface area (Å²) in [6.07, 6.45) is 3.30. The molecule has 0 N–H and O–H groups in total. The summed E-state index contributed by atoms with van der Waals surface area (Å²) in [5.74, 6) is 0.0678. The highest BCUT2D eigenvalue weighted by Gasteiger charge is 2.25. The molecule has 0 radical (unpaired) electrons. The molecule has 2 rings (SSSR count). The second-order valence-electron chi connectivity index (χ2n) is 4.25. The van der Waals surface area contributed by atoms with E-state index in [0.717, 1.165) is 19.3 Å². The first-order valence-corrected chi connectivity index (χ1v) is 6.17. The number of hydrogen-bond acceptors (Lipinski definition) is 1. The number of fused-ring (bicyclic) bond motifs is 1. The van der Waals surface area contributed by atoms with Crippen molar-refractivity contribution in [3.8, 4) is 0 Å². The number of amides is 1. The van der Waals surface area contributed by atoms with E-state index >= 15 is 0 Å². The van der Waals surface area contributed by atoms with Gasteiger partial charge in [-0.05, 0) is 30.4 Å². The second-order valence-corrected chi connectivity index (χ2v) is 4.51. The highest BCUT2D eigenvalue weighted by atomic mass is 35.5. The van der Waals surface area contributed by atoms with Crippen LogP contribution >= 0.6 is 11.6 Å². The zero-order valence-corrected chi connectivity index (χ0v) is 10.2. The standard InChI is InChI=1S/C13H16ClNO/c1-15(13(16)9-14)12-8-4-6-10-5-2-3-7-11(10)12/h2-3,5,7,12H,4,6,8-9H2,1H3/t12-/m0/s1. The molecule has 1 aliphatic rings. The minimum Gasteiger partial charge on any atom is -0.338 e. The molecule has 16 heavy (non-hydrogen) atoms. The van der Waals surface area contributed by atoms with Gasteiger partial charge in [0.25, 0.3) is 0 Å². The first kappa shape index (κ1) is 11.5. The van der Waals surface area contributed by atoms with Gasteiger partial charge in [-0.3, -0.25) is 4.79 Å². The lowest BCUT2D eigenvalue weighted by molar-refractivity contribution is -0.129. The van der Waals surface area contributed by atoms with Gasteiger partial charge in [0.1, 0.15) is 5.88 Å². The molecule has 3 heteroatoms. The fourth-order valence-electron chi connectivity index (χ4n) is 2.40. The quantitative estimate of drug-likeness (QED) is 0.725. The highest BCUT2D eigenvalue weighted by Crippen LogP contribution is 2.33. The molecule has 0 spiro atoms. The maximum Gasteiger partial charge on any atom is 0.237 e. The fraction of sp³-hybridized carbons (Fsp3) is 0.462. The van der Waals surface area contributed by atoms with Crippen LogP contribution in [0.4, 0.5) is 0 Å². The molecule has 0 unspecified atom stereocenters. The monoisotopic (exact) mass is 237 g/mol. The Labute approximate surface area is 101 Å². The van der Waals surface area contributed by atoms with Gasteiger partial charge in [0.15, 0.2) is 0 Å². The average molecular weight is 238 g/mol. The summed E-state index contributed by atoms with van der Waals surface area (Å²) in [4.78, 5) is 13.4. The Balaban J connectivity index is 2.28. The van der Waals surface area contributed by atoms with Crippen molar-refractivity contribution in [1.82, 2.24) is 4.90 Å². The number of halogens is 1. The summed E-state index contributed by atoms with van der Waals surface area (Å²) in [6, 6.07) is 8.58. The van der Waals surface area contributed by atoms with Gasteiger partial charge in [0.2, 0.25) is 5.91 Å². The van der Waals surface area contributed by atoms with Crippen LogP contribution < -0.4 is 0 Å². The largest absolute Gasteiger partial charge is 0.338 e. The molecule has 86 valence electrons. The van der Waals surface area contributed by atoms with Crippen molar-refractivity contribution in [2.75, 3.05) is 12.9 Å². The molecule has 0 heterocycles. The van der Waals surface area contributed by atoms with Crippen LogP contribution in [-0.2, 0) is 11.2 Å². The normalized spacial score (nSPS) is 19.0. The van der Waals surface area contributed by atoms with Gasteiger partial charge in [0.05, 0.1) is 6.04 Å². The van der Waals surface area contributed by atoms with Gasteiger partial charge in [-0.2, -0.15) is 0 Å². The van der Waals surface area contributed by atoms with Gasteiger partial charge < -0.3 is 4.90 Å². The SMILES string of the molecule is CN(C(=O)CCl)[C@H]1CCCc2ccccc21. The molecule has 1 aromatic carbocycles. The molecule has 1 atom stereocenters. The Morgan fingerprint density at radius 1 is 1.50 bits per heavy atom. The van der Waals surface area contributed by atoms with Crippen molar-refractivity contribution in [1.29, 1.82) is 0 Å². The van der Waals surface area contributed by atoms with E-state index in [0.29, 0.717) is 0 Å². The third-order valence-electron chi connectivity index (χ3n) is 3.31. The predicted octanol–water partition coefficient (Wildman–Crippen LogP) is 2.76. The van der Waals surface area contributed by atoms with E-state index in [1.807, 2.05) is 13.1 Å². The van der Waals surface area contributed by atoms with Gasteiger partial charge in [-0.1, -0.05) is 24.3 Å². The van der Waals surface area contributed by atoms with Gasteiger partial charge in [-0.15, -0.1) is 11.6 Å².